The van der Waals surface area contributed by atoms with Gasteiger partial charge in [-0.05, 0) is 56.8 Å². The van der Waals surface area contributed by atoms with Gasteiger partial charge in [0.15, 0.2) is 5.96 Å². The molecule has 3 fully saturated rings. The van der Waals surface area contributed by atoms with Crippen molar-refractivity contribution in [2.75, 3.05) is 66.6 Å². The average Bonchev–Trinajstić information content (AvgIpc) is 3.55. The molecule has 1 N–H and O–H groups in total. The lowest BCUT2D eigenvalue weighted by Crippen LogP contribution is -2.52. The van der Waals surface area contributed by atoms with Crippen molar-refractivity contribution in [3.63, 3.8) is 0 Å². The zero-order valence-electron chi connectivity index (χ0n) is 19.9. The lowest BCUT2D eigenvalue weighted by Gasteiger charge is -2.36. The van der Waals surface area contributed by atoms with Crippen LogP contribution in [0.5, 0.6) is 11.5 Å². The predicted molar refractivity (Wildman–Crippen MR) is 140 cm³/mol. The fourth-order valence-corrected chi connectivity index (χ4v) is 4.79. The molecule has 32 heavy (non-hydrogen) atoms. The van der Waals surface area contributed by atoms with E-state index in [1.807, 2.05) is 12.1 Å². The van der Waals surface area contributed by atoms with E-state index in [2.05, 4.69) is 33.0 Å². The summed E-state index contributed by atoms with van der Waals surface area (Å²) in [5.74, 6) is 3.61. The number of hydrogen-bond acceptors (Lipinski definition) is 5. The lowest BCUT2D eigenvalue weighted by atomic mass is 10.1. The molecule has 8 heteroatoms. The van der Waals surface area contributed by atoms with Crippen molar-refractivity contribution >= 4 is 29.9 Å². The van der Waals surface area contributed by atoms with Crippen LogP contribution in [-0.2, 0) is 6.54 Å². The first kappa shape index (κ1) is 25.4. The quantitative estimate of drug-likeness (QED) is 0.302. The van der Waals surface area contributed by atoms with Gasteiger partial charge in [-0.25, -0.2) is 0 Å². The van der Waals surface area contributed by atoms with Crippen LogP contribution in [0.1, 0.15) is 31.7 Å². The number of nitrogens with zero attached hydrogens (tertiary/aromatic N) is 4. The second-order valence-electron chi connectivity index (χ2n) is 9.02. The predicted octanol–water partition coefficient (Wildman–Crippen LogP) is 2.89. The normalized spacial score (nSPS) is 22.5. The van der Waals surface area contributed by atoms with Crippen LogP contribution < -0.4 is 14.8 Å². The van der Waals surface area contributed by atoms with Crippen molar-refractivity contribution in [3.8, 4) is 11.5 Å². The number of hydrogen-bond donors (Lipinski definition) is 1. The first-order valence-corrected chi connectivity index (χ1v) is 11.9. The fraction of sp³-hybridized carbons (Fsp3) is 0.708. The highest BCUT2D eigenvalue weighted by atomic mass is 127. The molecule has 1 unspecified atom stereocenters. The number of likely N-dealkylation sites (tertiary alicyclic amines) is 1. The Morgan fingerprint density at radius 2 is 1.84 bits per heavy atom. The summed E-state index contributed by atoms with van der Waals surface area (Å²) in [5.41, 5.74) is 1.18. The van der Waals surface area contributed by atoms with Crippen LogP contribution in [0.4, 0.5) is 0 Å². The van der Waals surface area contributed by atoms with Crippen LogP contribution in [0.2, 0.25) is 0 Å². The first-order chi connectivity index (χ1) is 15.2. The number of ether oxygens (including phenoxy) is 2. The van der Waals surface area contributed by atoms with E-state index in [0.717, 1.165) is 75.2 Å². The van der Waals surface area contributed by atoms with E-state index in [1.54, 1.807) is 14.2 Å². The van der Waals surface area contributed by atoms with Crippen LogP contribution in [-0.4, -0.2) is 93.3 Å². The number of aliphatic imine (C=N–C) groups is 1. The van der Waals surface area contributed by atoms with Gasteiger partial charge in [-0.2, -0.15) is 0 Å². The summed E-state index contributed by atoms with van der Waals surface area (Å²) in [6.07, 6.45) is 4.12. The minimum Gasteiger partial charge on any atom is -0.497 e. The molecule has 1 atom stereocenters. The molecule has 1 aromatic carbocycles. The lowest BCUT2D eigenvalue weighted by molar-refractivity contribution is 0.171. The van der Waals surface area contributed by atoms with Gasteiger partial charge in [-0.3, -0.25) is 9.89 Å². The number of piperazine rings is 1. The monoisotopic (exact) mass is 557 g/mol. The SMILES string of the molecule is CCNC(=NCC1CCN(C2CC2)C1)N1CCN(Cc2cc(OC)ccc2OC)CC1.I. The van der Waals surface area contributed by atoms with Gasteiger partial charge in [0.05, 0.1) is 14.2 Å². The van der Waals surface area contributed by atoms with Crippen molar-refractivity contribution < 1.29 is 9.47 Å². The molecule has 2 aliphatic heterocycles. The molecule has 1 aliphatic carbocycles. The third kappa shape index (κ3) is 6.63. The van der Waals surface area contributed by atoms with Gasteiger partial charge in [0.1, 0.15) is 11.5 Å². The van der Waals surface area contributed by atoms with Crippen LogP contribution >= 0.6 is 24.0 Å². The highest BCUT2D eigenvalue weighted by Gasteiger charge is 2.34. The van der Waals surface area contributed by atoms with Gasteiger partial charge in [-0.15, -0.1) is 24.0 Å². The van der Waals surface area contributed by atoms with Crippen LogP contribution in [0.15, 0.2) is 23.2 Å². The Balaban J connectivity index is 0.00000289. The maximum absolute atomic E-state index is 5.56. The highest BCUT2D eigenvalue weighted by Crippen LogP contribution is 2.31. The molecule has 3 aliphatic rings. The molecule has 0 bridgehead atoms. The van der Waals surface area contributed by atoms with E-state index >= 15 is 0 Å². The number of guanidine groups is 1. The zero-order valence-corrected chi connectivity index (χ0v) is 22.2. The molecule has 4 rings (SSSR count). The number of methoxy groups -OCH3 is 2. The molecule has 180 valence electrons. The number of halogens is 1. The smallest absolute Gasteiger partial charge is 0.194 e. The molecule has 0 spiro atoms. The summed E-state index contributed by atoms with van der Waals surface area (Å²) in [6, 6.07) is 6.92. The Bertz CT molecular complexity index is 750. The van der Waals surface area contributed by atoms with Crippen LogP contribution in [0.25, 0.3) is 0 Å². The Kier molecular flexibility index (Phi) is 9.73. The Morgan fingerprint density at radius 1 is 1.06 bits per heavy atom. The van der Waals surface area contributed by atoms with Gasteiger partial charge in [0.2, 0.25) is 0 Å². The van der Waals surface area contributed by atoms with E-state index in [9.17, 15) is 0 Å². The summed E-state index contributed by atoms with van der Waals surface area (Å²) in [4.78, 5) is 12.6. The van der Waals surface area contributed by atoms with Crippen LogP contribution in [0.3, 0.4) is 0 Å². The van der Waals surface area contributed by atoms with Gasteiger partial charge >= 0.3 is 0 Å². The molecule has 2 saturated heterocycles. The molecular formula is C24H40IN5O2. The Labute approximate surface area is 210 Å². The number of nitrogens with one attached hydrogen (secondary N) is 1. The van der Waals surface area contributed by atoms with Crippen molar-refractivity contribution in [2.24, 2.45) is 10.9 Å². The van der Waals surface area contributed by atoms with Crippen molar-refractivity contribution in [3.05, 3.63) is 23.8 Å². The van der Waals surface area contributed by atoms with E-state index in [-0.39, 0.29) is 24.0 Å². The molecule has 1 aromatic rings. The van der Waals surface area contributed by atoms with Crippen molar-refractivity contribution in [1.29, 1.82) is 0 Å². The molecule has 0 aromatic heterocycles. The zero-order chi connectivity index (χ0) is 21.6. The summed E-state index contributed by atoms with van der Waals surface area (Å²) in [7, 11) is 3.44. The third-order valence-electron chi connectivity index (χ3n) is 6.77. The molecule has 0 amide bonds. The first-order valence-electron chi connectivity index (χ1n) is 11.9. The molecular weight excluding hydrogens is 517 g/mol. The summed E-state index contributed by atoms with van der Waals surface area (Å²) >= 11 is 0. The van der Waals surface area contributed by atoms with Crippen molar-refractivity contribution in [2.45, 2.75) is 38.8 Å². The maximum Gasteiger partial charge on any atom is 0.194 e. The molecule has 0 radical (unpaired) electrons. The van der Waals surface area contributed by atoms with Gasteiger partial charge in [0.25, 0.3) is 0 Å². The van der Waals surface area contributed by atoms with E-state index in [0.29, 0.717) is 0 Å². The maximum atomic E-state index is 5.56. The minimum atomic E-state index is 0. The van der Waals surface area contributed by atoms with E-state index in [1.165, 1.54) is 37.9 Å². The largest absolute Gasteiger partial charge is 0.497 e. The number of benzene rings is 1. The topological polar surface area (TPSA) is 52.6 Å². The average molecular weight is 558 g/mol. The molecule has 7 nitrogen and oxygen atoms in total. The van der Waals surface area contributed by atoms with Gasteiger partial charge in [0, 0.05) is 64.0 Å². The van der Waals surface area contributed by atoms with Gasteiger partial charge in [-0.1, -0.05) is 0 Å². The van der Waals surface area contributed by atoms with E-state index in [4.69, 9.17) is 14.5 Å². The summed E-state index contributed by atoms with van der Waals surface area (Å²) in [6.45, 7) is 11.4. The highest BCUT2D eigenvalue weighted by molar-refractivity contribution is 14.0. The second kappa shape index (κ2) is 12.3. The third-order valence-corrected chi connectivity index (χ3v) is 6.77. The second-order valence-corrected chi connectivity index (χ2v) is 9.02. The van der Waals surface area contributed by atoms with E-state index < -0.39 is 0 Å². The van der Waals surface area contributed by atoms with Gasteiger partial charge < -0.3 is 24.6 Å². The minimum absolute atomic E-state index is 0. The Morgan fingerprint density at radius 3 is 2.50 bits per heavy atom. The molecule has 2 heterocycles. The summed E-state index contributed by atoms with van der Waals surface area (Å²) in [5, 5.41) is 3.53. The Hall–Kier alpha value is -1.26. The van der Waals surface area contributed by atoms with Crippen molar-refractivity contribution in [1.82, 2.24) is 20.0 Å². The fourth-order valence-electron chi connectivity index (χ4n) is 4.79. The number of rotatable bonds is 8. The standard InChI is InChI=1S/C24H39N5O2.HI/c1-4-25-24(26-16-19-9-10-29(17-19)21-5-6-21)28-13-11-27(12-14-28)18-20-15-22(30-2)7-8-23(20)31-3;/h7-8,15,19,21H,4-6,9-14,16-18H2,1-3H3,(H,25,26);1H. The van der Waals surface area contributed by atoms with Crippen LogP contribution in [0, 0.1) is 5.92 Å². The summed E-state index contributed by atoms with van der Waals surface area (Å²) < 4.78 is 11.0. The molecule has 1 saturated carbocycles.